The minimum absolute atomic E-state index is 0.0616. The normalized spacial score (nSPS) is 16.4. The van der Waals surface area contributed by atoms with Crippen LogP contribution in [0.5, 0.6) is 5.75 Å². The summed E-state index contributed by atoms with van der Waals surface area (Å²) in [6.45, 7) is 2.84. The van der Waals surface area contributed by atoms with Crippen molar-refractivity contribution in [3.05, 3.63) is 117 Å². The first kappa shape index (κ1) is 30.0. The van der Waals surface area contributed by atoms with Gasteiger partial charge in [-0.05, 0) is 78.1 Å². The fraction of sp³-hybridized carbons (Fsp3) is 0.278. The van der Waals surface area contributed by atoms with Crippen molar-refractivity contribution in [1.29, 1.82) is 5.26 Å². The van der Waals surface area contributed by atoms with E-state index in [0.29, 0.717) is 47.4 Å². The number of aromatic hydroxyl groups is 1. The Bertz CT molecular complexity index is 1690. The van der Waals surface area contributed by atoms with E-state index in [-0.39, 0.29) is 23.7 Å². The number of phenols is 1. The van der Waals surface area contributed by atoms with Crippen LogP contribution in [0, 0.1) is 11.3 Å². The Labute approximate surface area is 268 Å². The molecule has 1 saturated heterocycles. The van der Waals surface area contributed by atoms with Gasteiger partial charge in [0.2, 0.25) is 0 Å². The van der Waals surface area contributed by atoms with Gasteiger partial charge in [0.25, 0.3) is 5.91 Å². The van der Waals surface area contributed by atoms with Crippen LogP contribution >= 0.6 is 23.2 Å². The van der Waals surface area contributed by atoms with E-state index in [2.05, 4.69) is 21.2 Å². The van der Waals surface area contributed by atoms with Gasteiger partial charge >= 0.3 is 0 Å². The molecule has 1 aliphatic heterocycles. The number of hydrogen-bond acceptors (Lipinski definition) is 5. The monoisotopic (exact) mass is 624 g/mol. The third-order valence-corrected chi connectivity index (χ3v) is 9.58. The highest BCUT2D eigenvalue weighted by molar-refractivity contribution is 6.43. The third kappa shape index (κ3) is 6.42. The number of nitriles is 1. The summed E-state index contributed by atoms with van der Waals surface area (Å²) in [5.41, 5.74) is 5.70. The molecule has 6 nitrogen and oxygen atoms in total. The number of rotatable bonds is 7. The molecule has 44 heavy (non-hydrogen) atoms. The molecule has 0 radical (unpaired) electrons. The Hall–Kier alpha value is -4.02. The lowest BCUT2D eigenvalue weighted by atomic mass is 9.91. The van der Waals surface area contributed by atoms with Crippen LogP contribution in [-0.2, 0) is 0 Å². The van der Waals surface area contributed by atoms with Gasteiger partial charge in [-0.15, -0.1) is 0 Å². The van der Waals surface area contributed by atoms with Crippen molar-refractivity contribution >= 4 is 34.8 Å². The summed E-state index contributed by atoms with van der Waals surface area (Å²) in [4.78, 5) is 17.9. The van der Waals surface area contributed by atoms with E-state index in [9.17, 15) is 15.2 Å². The molecular weight excluding hydrogens is 591 g/mol. The number of carbonyl (C=O) groups is 1. The van der Waals surface area contributed by atoms with Crippen LogP contribution in [0.25, 0.3) is 11.1 Å². The molecule has 2 N–H and O–H groups in total. The highest BCUT2D eigenvalue weighted by Gasteiger charge is 2.30. The number of amides is 1. The molecule has 0 spiro atoms. The van der Waals surface area contributed by atoms with Crippen molar-refractivity contribution in [2.24, 2.45) is 0 Å². The highest BCUT2D eigenvalue weighted by Crippen LogP contribution is 2.39. The van der Waals surface area contributed by atoms with Crippen LogP contribution in [0.3, 0.4) is 0 Å². The molecule has 4 aromatic rings. The summed E-state index contributed by atoms with van der Waals surface area (Å²) in [5, 5.41) is 24.8. The first-order chi connectivity index (χ1) is 21.4. The minimum Gasteiger partial charge on any atom is -0.508 e. The van der Waals surface area contributed by atoms with E-state index in [1.807, 2.05) is 60.7 Å². The SMILES string of the molecule is N#Cc1ccc(-c2ccc(O)c(C(c3cccc(C(=O)NC4CCCC4)c3)N3CCN(c4cccc(Cl)c4Cl)CC3)c2)cc1. The van der Waals surface area contributed by atoms with Gasteiger partial charge < -0.3 is 15.3 Å². The molecule has 1 amide bonds. The lowest BCUT2D eigenvalue weighted by Crippen LogP contribution is -2.48. The third-order valence-electron chi connectivity index (χ3n) is 8.78. The number of carbonyl (C=O) groups excluding carboxylic acids is 1. The summed E-state index contributed by atoms with van der Waals surface area (Å²) in [5.74, 6) is 0.127. The van der Waals surface area contributed by atoms with Crippen molar-refractivity contribution in [3.63, 3.8) is 0 Å². The van der Waals surface area contributed by atoms with Crippen molar-refractivity contribution < 1.29 is 9.90 Å². The van der Waals surface area contributed by atoms with Gasteiger partial charge in [0.15, 0.2) is 0 Å². The van der Waals surface area contributed by atoms with E-state index < -0.39 is 0 Å². The van der Waals surface area contributed by atoms with Gasteiger partial charge in [0.05, 0.1) is 33.4 Å². The van der Waals surface area contributed by atoms with E-state index in [4.69, 9.17) is 23.2 Å². The zero-order valence-corrected chi connectivity index (χ0v) is 25.9. The number of nitrogens with zero attached hydrogens (tertiary/aromatic N) is 3. The molecule has 1 aliphatic carbocycles. The first-order valence-electron chi connectivity index (χ1n) is 15.1. The number of halogens is 2. The van der Waals surface area contributed by atoms with Crippen LogP contribution in [0.4, 0.5) is 5.69 Å². The fourth-order valence-electron chi connectivity index (χ4n) is 6.42. The Morgan fingerprint density at radius 3 is 2.32 bits per heavy atom. The van der Waals surface area contributed by atoms with Crippen LogP contribution in [-0.4, -0.2) is 48.1 Å². The second-order valence-corrected chi connectivity index (χ2v) is 12.3. The van der Waals surface area contributed by atoms with Gasteiger partial charge in [-0.3, -0.25) is 9.69 Å². The van der Waals surface area contributed by atoms with Crippen molar-refractivity contribution in [1.82, 2.24) is 10.2 Å². The maximum Gasteiger partial charge on any atom is 0.251 e. The Balaban J connectivity index is 1.35. The molecular formula is C36H34Cl2N4O2. The quantitative estimate of drug-likeness (QED) is 0.219. The zero-order chi connectivity index (χ0) is 30.6. The van der Waals surface area contributed by atoms with E-state index >= 15 is 0 Å². The largest absolute Gasteiger partial charge is 0.508 e. The molecule has 1 unspecified atom stereocenters. The smallest absolute Gasteiger partial charge is 0.251 e. The summed E-state index contributed by atoms with van der Waals surface area (Å²) in [7, 11) is 0. The highest BCUT2D eigenvalue weighted by atomic mass is 35.5. The topological polar surface area (TPSA) is 79.6 Å². The zero-order valence-electron chi connectivity index (χ0n) is 24.3. The van der Waals surface area contributed by atoms with Crippen LogP contribution < -0.4 is 10.2 Å². The molecule has 0 aromatic heterocycles. The Kier molecular flexibility index (Phi) is 9.09. The molecule has 4 aromatic carbocycles. The average molecular weight is 626 g/mol. The van der Waals surface area contributed by atoms with Gasteiger partial charge in [-0.1, -0.05) is 72.4 Å². The second-order valence-electron chi connectivity index (χ2n) is 11.5. The maximum atomic E-state index is 13.3. The molecule has 8 heteroatoms. The minimum atomic E-state index is -0.301. The molecule has 2 aliphatic rings. The summed E-state index contributed by atoms with van der Waals surface area (Å²) in [6, 6.07) is 28.6. The van der Waals surface area contributed by atoms with E-state index in [1.165, 1.54) is 0 Å². The van der Waals surface area contributed by atoms with Crippen LogP contribution in [0.2, 0.25) is 10.0 Å². The van der Waals surface area contributed by atoms with E-state index in [0.717, 1.165) is 53.6 Å². The number of anilines is 1. The van der Waals surface area contributed by atoms with Crippen LogP contribution in [0.1, 0.15) is 58.8 Å². The predicted molar refractivity (Wildman–Crippen MR) is 177 cm³/mol. The average Bonchev–Trinajstić information content (AvgIpc) is 3.57. The van der Waals surface area contributed by atoms with Crippen LogP contribution in [0.15, 0.2) is 84.9 Å². The number of phenolic OH excluding ortho intramolecular Hbond substituents is 1. The second kappa shape index (κ2) is 13.3. The lowest BCUT2D eigenvalue weighted by molar-refractivity contribution is 0.0937. The van der Waals surface area contributed by atoms with Gasteiger partial charge in [0, 0.05) is 43.3 Å². The number of piperazine rings is 1. The molecule has 224 valence electrons. The molecule has 6 rings (SSSR count). The summed E-state index contributed by atoms with van der Waals surface area (Å²) < 4.78 is 0. The van der Waals surface area contributed by atoms with Crippen molar-refractivity contribution in [2.75, 3.05) is 31.1 Å². The Morgan fingerprint density at radius 1 is 0.886 bits per heavy atom. The molecule has 1 saturated carbocycles. The number of benzene rings is 4. The maximum absolute atomic E-state index is 13.3. The van der Waals surface area contributed by atoms with Gasteiger partial charge in [-0.25, -0.2) is 0 Å². The lowest BCUT2D eigenvalue weighted by Gasteiger charge is -2.41. The molecule has 1 heterocycles. The predicted octanol–water partition coefficient (Wildman–Crippen LogP) is 7.82. The summed E-state index contributed by atoms with van der Waals surface area (Å²) >= 11 is 12.9. The Morgan fingerprint density at radius 2 is 1.59 bits per heavy atom. The van der Waals surface area contributed by atoms with E-state index in [1.54, 1.807) is 24.3 Å². The molecule has 0 bridgehead atoms. The number of hydrogen-bond donors (Lipinski definition) is 2. The number of nitrogens with one attached hydrogen (secondary N) is 1. The summed E-state index contributed by atoms with van der Waals surface area (Å²) in [6.07, 6.45) is 4.33. The van der Waals surface area contributed by atoms with Crippen molar-refractivity contribution in [2.45, 2.75) is 37.8 Å². The molecule has 2 fully saturated rings. The first-order valence-corrected chi connectivity index (χ1v) is 15.8. The van der Waals surface area contributed by atoms with Crippen molar-refractivity contribution in [3.8, 4) is 22.9 Å². The standard InChI is InChI=1S/C36H34Cl2N4O2/c37-31-9-4-10-32(34(31)38)41-17-19-42(20-18-41)35(27-5-3-6-28(21-27)36(44)40-29-7-1-2-8-29)30-22-26(15-16-33(30)43)25-13-11-24(23-39)12-14-25/h3-6,9-16,21-22,29,35,43H,1-2,7-8,17-20H2,(H,40,44). The van der Waals surface area contributed by atoms with Gasteiger partial charge in [-0.2, -0.15) is 5.26 Å². The fourth-order valence-corrected chi connectivity index (χ4v) is 6.84. The molecule has 1 atom stereocenters. The van der Waals surface area contributed by atoms with Gasteiger partial charge in [0.1, 0.15) is 5.75 Å².